The van der Waals surface area contributed by atoms with E-state index >= 15 is 0 Å². The molecule has 0 unspecified atom stereocenters. The molecule has 0 radical (unpaired) electrons. The highest BCUT2D eigenvalue weighted by atomic mass is 19.1. The van der Waals surface area contributed by atoms with Crippen LogP contribution >= 0.6 is 0 Å². The van der Waals surface area contributed by atoms with Gasteiger partial charge in [0.15, 0.2) is 11.6 Å². The first-order valence-corrected chi connectivity index (χ1v) is 10.2. The number of halogens is 1. The minimum Gasteiger partial charge on any atom is -0.494 e. The fraction of sp³-hybridized carbons (Fsp3) is 0.435. The smallest absolute Gasteiger partial charge is 0.317 e. The van der Waals surface area contributed by atoms with E-state index in [2.05, 4.69) is 34.5 Å². The van der Waals surface area contributed by atoms with E-state index in [1.54, 1.807) is 6.07 Å². The van der Waals surface area contributed by atoms with Gasteiger partial charge in [0, 0.05) is 44.7 Å². The van der Waals surface area contributed by atoms with Crippen LogP contribution in [0.2, 0.25) is 0 Å². The predicted molar refractivity (Wildman–Crippen MR) is 111 cm³/mol. The van der Waals surface area contributed by atoms with Crippen molar-refractivity contribution in [2.45, 2.75) is 24.8 Å². The standard InChI is InChI=1S/C23H28FN3O2/c1-29-21-8-7-18(15-20(21)24)16-26-11-13-27(14-12-26)22(28)25-17-23(9-10-23)19-5-3-2-4-6-19/h2-8,15H,9-14,16-17H2,1H3,(H,25,28). The van der Waals surface area contributed by atoms with Gasteiger partial charge in [0.25, 0.3) is 0 Å². The van der Waals surface area contributed by atoms with E-state index in [0.29, 0.717) is 26.2 Å². The lowest BCUT2D eigenvalue weighted by Crippen LogP contribution is -2.52. The number of ether oxygens (including phenoxy) is 1. The second-order valence-corrected chi connectivity index (χ2v) is 8.04. The van der Waals surface area contributed by atoms with Gasteiger partial charge in [0.2, 0.25) is 0 Å². The maximum atomic E-state index is 13.9. The summed E-state index contributed by atoms with van der Waals surface area (Å²) in [6.45, 7) is 4.30. The molecule has 29 heavy (non-hydrogen) atoms. The lowest BCUT2D eigenvalue weighted by Gasteiger charge is -2.35. The fourth-order valence-corrected chi connectivity index (χ4v) is 4.04. The molecule has 0 atom stereocenters. The number of piperazine rings is 1. The fourth-order valence-electron chi connectivity index (χ4n) is 4.04. The highest BCUT2D eigenvalue weighted by Gasteiger charge is 2.44. The molecule has 1 N–H and O–H groups in total. The van der Waals surface area contributed by atoms with E-state index in [1.807, 2.05) is 17.0 Å². The minimum absolute atomic E-state index is 0.0161. The summed E-state index contributed by atoms with van der Waals surface area (Å²) in [6, 6.07) is 15.5. The molecule has 5 nitrogen and oxygen atoms in total. The first-order valence-electron chi connectivity index (χ1n) is 10.2. The molecule has 6 heteroatoms. The number of benzene rings is 2. The van der Waals surface area contributed by atoms with E-state index in [-0.39, 0.29) is 23.0 Å². The Hall–Kier alpha value is -2.60. The Bertz CT molecular complexity index is 846. The summed E-state index contributed by atoms with van der Waals surface area (Å²) in [5.41, 5.74) is 2.36. The van der Waals surface area contributed by atoms with E-state index in [0.717, 1.165) is 31.5 Å². The van der Waals surface area contributed by atoms with Crippen LogP contribution in [0.3, 0.4) is 0 Å². The van der Waals surface area contributed by atoms with Gasteiger partial charge in [0.05, 0.1) is 7.11 Å². The van der Waals surface area contributed by atoms with Crippen LogP contribution in [0.5, 0.6) is 5.75 Å². The number of rotatable bonds is 6. The zero-order valence-electron chi connectivity index (χ0n) is 16.9. The quantitative estimate of drug-likeness (QED) is 0.813. The van der Waals surface area contributed by atoms with Crippen LogP contribution in [0.1, 0.15) is 24.0 Å². The molecule has 1 aliphatic heterocycles. The van der Waals surface area contributed by atoms with Crippen molar-refractivity contribution in [3.8, 4) is 5.75 Å². The third-order valence-electron chi connectivity index (χ3n) is 6.10. The van der Waals surface area contributed by atoms with Crippen molar-refractivity contribution in [3.05, 3.63) is 65.5 Å². The molecule has 0 aromatic heterocycles. The predicted octanol–water partition coefficient (Wildman–Crippen LogP) is 3.39. The number of carbonyl (C=O) groups is 1. The van der Waals surface area contributed by atoms with Crippen LogP contribution in [-0.4, -0.2) is 55.7 Å². The molecule has 2 aromatic rings. The molecule has 154 valence electrons. The molecule has 1 heterocycles. The third kappa shape index (κ3) is 4.53. The number of hydrogen-bond acceptors (Lipinski definition) is 3. The second-order valence-electron chi connectivity index (χ2n) is 8.04. The van der Waals surface area contributed by atoms with Crippen LogP contribution in [0.15, 0.2) is 48.5 Å². The Kier molecular flexibility index (Phi) is 5.72. The van der Waals surface area contributed by atoms with Gasteiger partial charge in [-0.25, -0.2) is 9.18 Å². The normalized spacial score (nSPS) is 18.3. The summed E-state index contributed by atoms with van der Waals surface area (Å²) in [5, 5.41) is 3.14. The zero-order chi connectivity index (χ0) is 20.3. The first kappa shape index (κ1) is 19.7. The number of amides is 2. The lowest BCUT2D eigenvalue weighted by atomic mass is 9.96. The van der Waals surface area contributed by atoms with E-state index in [1.165, 1.54) is 18.7 Å². The van der Waals surface area contributed by atoms with Gasteiger partial charge < -0.3 is 15.0 Å². The average Bonchev–Trinajstić information content (AvgIpc) is 3.55. The number of nitrogens with zero attached hydrogens (tertiary/aromatic N) is 2. The highest BCUT2D eigenvalue weighted by Crippen LogP contribution is 2.47. The van der Waals surface area contributed by atoms with E-state index in [9.17, 15) is 9.18 Å². The van der Waals surface area contributed by atoms with Gasteiger partial charge in [-0.2, -0.15) is 0 Å². The van der Waals surface area contributed by atoms with Crippen LogP contribution in [0, 0.1) is 5.82 Å². The zero-order valence-corrected chi connectivity index (χ0v) is 16.9. The van der Waals surface area contributed by atoms with Crippen molar-refractivity contribution in [2.24, 2.45) is 0 Å². The first-order chi connectivity index (χ1) is 14.1. The van der Waals surface area contributed by atoms with Crippen LogP contribution in [0.4, 0.5) is 9.18 Å². The Balaban J connectivity index is 1.24. The topological polar surface area (TPSA) is 44.8 Å². The third-order valence-corrected chi connectivity index (χ3v) is 6.10. The molecule has 4 rings (SSSR count). The molecular weight excluding hydrogens is 369 g/mol. The number of urea groups is 1. The van der Waals surface area contributed by atoms with Gasteiger partial charge in [0.1, 0.15) is 0 Å². The Morgan fingerprint density at radius 3 is 2.45 bits per heavy atom. The van der Waals surface area contributed by atoms with E-state index in [4.69, 9.17) is 4.74 Å². The van der Waals surface area contributed by atoms with Crippen LogP contribution in [-0.2, 0) is 12.0 Å². The molecule has 1 saturated heterocycles. The molecule has 0 bridgehead atoms. The van der Waals surface area contributed by atoms with Gasteiger partial charge in [-0.15, -0.1) is 0 Å². The van der Waals surface area contributed by atoms with Gasteiger partial charge in [-0.05, 0) is 36.1 Å². The van der Waals surface area contributed by atoms with Crippen LogP contribution < -0.4 is 10.1 Å². The molecule has 2 aromatic carbocycles. The van der Waals surface area contributed by atoms with Gasteiger partial charge in [-0.1, -0.05) is 36.4 Å². The Morgan fingerprint density at radius 1 is 1.10 bits per heavy atom. The summed E-state index contributed by atoms with van der Waals surface area (Å²) >= 11 is 0. The van der Waals surface area contributed by atoms with Crippen molar-refractivity contribution >= 4 is 6.03 Å². The molecular formula is C23H28FN3O2. The van der Waals surface area contributed by atoms with Crippen molar-refractivity contribution < 1.29 is 13.9 Å². The summed E-state index contributed by atoms with van der Waals surface area (Å²) in [5.74, 6) is -0.0744. The number of hydrogen-bond donors (Lipinski definition) is 1. The highest BCUT2D eigenvalue weighted by molar-refractivity contribution is 5.74. The minimum atomic E-state index is -0.338. The summed E-state index contributed by atoms with van der Waals surface area (Å²) in [6.07, 6.45) is 2.26. The molecule has 2 amide bonds. The monoisotopic (exact) mass is 397 g/mol. The SMILES string of the molecule is COc1ccc(CN2CCN(C(=O)NCC3(c4ccccc4)CC3)CC2)cc1F. The van der Waals surface area contributed by atoms with Crippen LogP contribution in [0.25, 0.3) is 0 Å². The Labute approximate surface area is 171 Å². The number of carbonyl (C=O) groups excluding carboxylic acids is 1. The molecule has 1 aliphatic carbocycles. The van der Waals surface area contributed by atoms with Gasteiger partial charge in [-0.3, -0.25) is 4.90 Å². The maximum absolute atomic E-state index is 13.9. The van der Waals surface area contributed by atoms with E-state index < -0.39 is 0 Å². The van der Waals surface area contributed by atoms with Crippen molar-refractivity contribution in [2.75, 3.05) is 39.8 Å². The molecule has 0 spiro atoms. The average molecular weight is 397 g/mol. The van der Waals surface area contributed by atoms with Crippen molar-refractivity contribution in [1.82, 2.24) is 15.1 Å². The van der Waals surface area contributed by atoms with Crippen molar-refractivity contribution in [3.63, 3.8) is 0 Å². The summed E-state index contributed by atoms with van der Waals surface area (Å²) in [4.78, 5) is 16.7. The maximum Gasteiger partial charge on any atom is 0.317 e. The Morgan fingerprint density at radius 2 is 1.83 bits per heavy atom. The van der Waals surface area contributed by atoms with Crippen molar-refractivity contribution in [1.29, 1.82) is 0 Å². The summed E-state index contributed by atoms with van der Waals surface area (Å²) < 4.78 is 18.8. The van der Waals surface area contributed by atoms with Gasteiger partial charge >= 0.3 is 6.03 Å². The number of nitrogens with one attached hydrogen (secondary N) is 1. The largest absolute Gasteiger partial charge is 0.494 e. The lowest BCUT2D eigenvalue weighted by molar-refractivity contribution is 0.135. The molecule has 2 aliphatic rings. The molecule has 1 saturated carbocycles. The molecule has 2 fully saturated rings. The number of methoxy groups -OCH3 is 1. The second kappa shape index (κ2) is 8.41. The summed E-state index contributed by atoms with van der Waals surface area (Å²) in [7, 11) is 1.47.